The van der Waals surface area contributed by atoms with Crippen LogP contribution in [0.1, 0.15) is 40.5 Å². The molecule has 0 heterocycles. The van der Waals surface area contributed by atoms with Gasteiger partial charge in [0.2, 0.25) is 5.91 Å². The van der Waals surface area contributed by atoms with E-state index in [0.717, 1.165) is 12.1 Å². The van der Waals surface area contributed by atoms with Gasteiger partial charge in [-0.3, -0.25) is 4.79 Å². The third-order valence-corrected chi connectivity index (χ3v) is 3.16. The van der Waals surface area contributed by atoms with E-state index in [1.54, 1.807) is 11.9 Å². The lowest BCUT2D eigenvalue weighted by atomic mass is 9.84. The van der Waals surface area contributed by atoms with Crippen molar-refractivity contribution in [2.24, 2.45) is 11.3 Å². The summed E-state index contributed by atoms with van der Waals surface area (Å²) in [5.74, 6) is 0.495. The lowest BCUT2D eigenvalue weighted by Gasteiger charge is -2.25. The predicted octanol–water partition coefficient (Wildman–Crippen LogP) is 3.69. The summed E-state index contributed by atoms with van der Waals surface area (Å²) < 4.78 is 0. The van der Waals surface area contributed by atoms with Crippen LogP contribution >= 0.6 is 0 Å². The highest BCUT2D eigenvalue weighted by Crippen LogP contribution is 2.28. The molecule has 0 aromatic heterocycles. The molecule has 3 nitrogen and oxygen atoms in total. The van der Waals surface area contributed by atoms with E-state index in [1.165, 1.54) is 0 Å². The summed E-state index contributed by atoms with van der Waals surface area (Å²) in [5.41, 5.74) is 7.58. The SMILES string of the molecule is CC(CC(=O)N(C)c1ccccc1N)CC(C)(C)C. The van der Waals surface area contributed by atoms with Crippen LogP contribution in [-0.4, -0.2) is 13.0 Å². The number of nitrogens with zero attached hydrogens (tertiary/aromatic N) is 1. The molecular formula is C16H26N2O. The van der Waals surface area contributed by atoms with Gasteiger partial charge in [0.1, 0.15) is 0 Å². The van der Waals surface area contributed by atoms with E-state index in [-0.39, 0.29) is 11.3 Å². The van der Waals surface area contributed by atoms with Gasteiger partial charge in [-0.1, -0.05) is 39.8 Å². The van der Waals surface area contributed by atoms with Gasteiger partial charge >= 0.3 is 0 Å². The lowest BCUT2D eigenvalue weighted by Crippen LogP contribution is -2.29. The van der Waals surface area contributed by atoms with E-state index in [0.29, 0.717) is 18.0 Å². The minimum absolute atomic E-state index is 0.120. The Morgan fingerprint density at radius 3 is 2.42 bits per heavy atom. The molecule has 0 aliphatic heterocycles. The number of hydrogen-bond acceptors (Lipinski definition) is 2. The second-order valence-electron chi connectivity index (χ2n) is 6.59. The zero-order chi connectivity index (χ0) is 14.6. The van der Waals surface area contributed by atoms with Crippen LogP contribution < -0.4 is 10.6 Å². The molecule has 0 saturated heterocycles. The fraction of sp³-hybridized carbons (Fsp3) is 0.562. The monoisotopic (exact) mass is 262 g/mol. The zero-order valence-electron chi connectivity index (χ0n) is 12.7. The largest absolute Gasteiger partial charge is 0.397 e. The molecule has 1 amide bonds. The standard InChI is InChI=1S/C16H26N2O/c1-12(11-16(2,3)4)10-15(19)18(5)14-9-7-6-8-13(14)17/h6-9,12H,10-11,17H2,1-5H3. The maximum Gasteiger partial charge on any atom is 0.227 e. The number of hydrogen-bond donors (Lipinski definition) is 1. The summed E-state index contributed by atoms with van der Waals surface area (Å²) >= 11 is 0. The first-order chi connectivity index (χ1) is 8.70. The number of benzene rings is 1. The van der Waals surface area contributed by atoms with Crippen LogP contribution in [-0.2, 0) is 4.79 Å². The Kier molecular flexibility index (Phi) is 4.98. The molecule has 0 fully saturated rings. The van der Waals surface area contributed by atoms with Crippen LogP contribution in [0.5, 0.6) is 0 Å². The summed E-state index contributed by atoms with van der Waals surface area (Å²) in [6.45, 7) is 8.73. The summed E-state index contributed by atoms with van der Waals surface area (Å²) in [4.78, 5) is 13.9. The van der Waals surface area contributed by atoms with Crippen LogP contribution in [0.2, 0.25) is 0 Å². The molecule has 19 heavy (non-hydrogen) atoms. The molecular weight excluding hydrogens is 236 g/mol. The number of anilines is 2. The fourth-order valence-corrected chi connectivity index (χ4v) is 2.48. The molecule has 1 aromatic rings. The van der Waals surface area contributed by atoms with Gasteiger partial charge in [-0.25, -0.2) is 0 Å². The van der Waals surface area contributed by atoms with Crippen LogP contribution in [0.15, 0.2) is 24.3 Å². The van der Waals surface area contributed by atoms with Gasteiger partial charge in [-0.05, 0) is 29.9 Å². The second-order valence-corrected chi connectivity index (χ2v) is 6.59. The first-order valence-electron chi connectivity index (χ1n) is 6.82. The number of carbonyl (C=O) groups is 1. The predicted molar refractivity (Wildman–Crippen MR) is 82.1 cm³/mol. The lowest BCUT2D eigenvalue weighted by molar-refractivity contribution is -0.119. The molecule has 1 rings (SSSR count). The molecule has 106 valence electrons. The first-order valence-corrected chi connectivity index (χ1v) is 6.82. The normalized spacial score (nSPS) is 13.1. The van der Waals surface area contributed by atoms with E-state index in [9.17, 15) is 4.79 Å². The highest BCUT2D eigenvalue weighted by Gasteiger charge is 2.20. The Morgan fingerprint density at radius 2 is 1.89 bits per heavy atom. The molecule has 0 radical (unpaired) electrons. The van der Waals surface area contributed by atoms with Crippen molar-refractivity contribution in [2.75, 3.05) is 17.7 Å². The third-order valence-electron chi connectivity index (χ3n) is 3.16. The topological polar surface area (TPSA) is 46.3 Å². The van der Waals surface area contributed by atoms with Crippen molar-refractivity contribution in [3.63, 3.8) is 0 Å². The molecule has 0 saturated carbocycles. The number of nitrogens with two attached hydrogens (primary N) is 1. The Bertz CT molecular complexity index is 435. The highest BCUT2D eigenvalue weighted by atomic mass is 16.2. The van der Waals surface area contributed by atoms with Crippen molar-refractivity contribution in [2.45, 2.75) is 40.5 Å². The van der Waals surface area contributed by atoms with Crippen molar-refractivity contribution in [3.05, 3.63) is 24.3 Å². The molecule has 1 atom stereocenters. The van der Waals surface area contributed by atoms with E-state index in [4.69, 9.17) is 5.73 Å². The van der Waals surface area contributed by atoms with Crippen LogP contribution in [0.3, 0.4) is 0 Å². The Labute approximate surface area is 116 Å². The zero-order valence-corrected chi connectivity index (χ0v) is 12.7. The number of nitrogen functional groups attached to an aromatic ring is 1. The average Bonchev–Trinajstić information content (AvgIpc) is 2.26. The molecule has 0 spiro atoms. The van der Waals surface area contributed by atoms with Gasteiger partial charge in [-0.15, -0.1) is 0 Å². The minimum Gasteiger partial charge on any atom is -0.397 e. The first kappa shape index (κ1) is 15.5. The summed E-state index contributed by atoms with van der Waals surface area (Å²) in [7, 11) is 1.79. The molecule has 0 bridgehead atoms. The average molecular weight is 262 g/mol. The Morgan fingerprint density at radius 1 is 1.32 bits per heavy atom. The van der Waals surface area contributed by atoms with Crippen molar-refractivity contribution < 1.29 is 4.79 Å². The Hall–Kier alpha value is -1.51. The van der Waals surface area contributed by atoms with Gasteiger partial charge in [0.15, 0.2) is 0 Å². The molecule has 2 N–H and O–H groups in total. The Balaban J connectivity index is 2.66. The second kappa shape index (κ2) is 6.09. The number of amides is 1. The van der Waals surface area contributed by atoms with E-state index >= 15 is 0 Å². The summed E-state index contributed by atoms with van der Waals surface area (Å²) in [5, 5.41) is 0. The van der Waals surface area contributed by atoms with Crippen molar-refractivity contribution in [1.29, 1.82) is 0 Å². The summed E-state index contributed by atoms with van der Waals surface area (Å²) in [6.07, 6.45) is 1.60. The number of rotatable bonds is 4. The molecule has 3 heteroatoms. The van der Waals surface area contributed by atoms with Gasteiger partial charge < -0.3 is 10.6 Å². The number of carbonyl (C=O) groups excluding carboxylic acids is 1. The van der Waals surface area contributed by atoms with Crippen LogP contribution in [0.25, 0.3) is 0 Å². The maximum atomic E-state index is 12.3. The molecule has 1 unspecified atom stereocenters. The smallest absolute Gasteiger partial charge is 0.227 e. The maximum absolute atomic E-state index is 12.3. The van der Waals surface area contributed by atoms with Gasteiger partial charge in [-0.2, -0.15) is 0 Å². The molecule has 1 aromatic carbocycles. The van der Waals surface area contributed by atoms with E-state index in [1.807, 2.05) is 24.3 Å². The van der Waals surface area contributed by atoms with Crippen molar-refractivity contribution in [3.8, 4) is 0 Å². The number of para-hydroxylation sites is 2. The highest BCUT2D eigenvalue weighted by molar-refractivity contribution is 5.95. The fourth-order valence-electron chi connectivity index (χ4n) is 2.48. The molecule has 0 aliphatic rings. The minimum atomic E-state index is 0.120. The van der Waals surface area contributed by atoms with Gasteiger partial charge in [0, 0.05) is 13.5 Å². The third kappa shape index (κ3) is 4.93. The molecule has 0 aliphatic carbocycles. The van der Waals surface area contributed by atoms with E-state index < -0.39 is 0 Å². The quantitative estimate of drug-likeness (QED) is 0.841. The van der Waals surface area contributed by atoms with Crippen LogP contribution in [0.4, 0.5) is 11.4 Å². The van der Waals surface area contributed by atoms with E-state index in [2.05, 4.69) is 27.7 Å². The van der Waals surface area contributed by atoms with Crippen LogP contribution in [0, 0.1) is 11.3 Å². The summed E-state index contributed by atoms with van der Waals surface area (Å²) in [6, 6.07) is 7.47. The van der Waals surface area contributed by atoms with Crippen molar-refractivity contribution >= 4 is 17.3 Å². The van der Waals surface area contributed by atoms with Crippen molar-refractivity contribution in [1.82, 2.24) is 0 Å². The van der Waals surface area contributed by atoms with Gasteiger partial charge in [0.25, 0.3) is 0 Å². The van der Waals surface area contributed by atoms with Gasteiger partial charge in [0.05, 0.1) is 11.4 Å².